The van der Waals surface area contributed by atoms with Crippen molar-refractivity contribution in [2.24, 2.45) is 0 Å². The van der Waals surface area contributed by atoms with Crippen molar-refractivity contribution in [2.45, 2.75) is 33.1 Å². The van der Waals surface area contributed by atoms with Crippen LogP contribution in [0.2, 0.25) is 5.02 Å². The summed E-state index contributed by atoms with van der Waals surface area (Å²) in [5, 5.41) is 0.651. The van der Waals surface area contributed by atoms with Gasteiger partial charge in [0.15, 0.2) is 6.61 Å². The van der Waals surface area contributed by atoms with Gasteiger partial charge in [-0.2, -0.15) is 0 Å². The zero-order valence-electron chi connectivity index (χ0n) is 17.0. The van der Waals surface area contributed by atoms with E-state index in [1.54, 1.807) is 12.1 Å². The van der Waals surface area contributed by atoms with Crippen molar-refractivity contribution in [3.05, 3.63) is 64.2 Å². The fourth-order valence-corrected chi connectivity index (χ4v) is 2.70. The quantitative estimate of drug-likeness (QED) is 0.469. The van der Waals surface area contributed by atoms with E-state index < -0.39 is 17.8 Å². The van der Waals surface area contributed by atoms with E-state index in [1.807, 2.05) is 44.2 Å². The summed E-state index contributed by atoms with van der Waals surface area (Å²) >= 11 is 6.09. The van der Waals surface area contributed by atoms with Crippen LogP contribution in [0.15, 0.2) is 42.5 Å². The molecule has 0 aliphatic heterocycles. The summed E-state index contributed by atoms with van der Waals surface area (Å²) in [7, 11) is 0. The molecule has 160 valence electrons. The molecule has 2 aromatic rings. The third kappa shape index (κ3) is 8.13. The summed E-state index contributed by atoms with van der Waals surface area (Å²) in [4.78, 5) is 35.3. The van der Waals surface area contributed by atoms with E-state index in [0.717, 1.165) is 16.7 Å². The summed E-state index contributed by atoms with van der Waals surface area (Å²) in [6.45, 7) is 3.66. The molecule has 0 bridgehead atoms. The molecular weight excluding hydrogens is 408 g/mol. The maximum absolute atomic E-state index is 11.8. The van der Waals surface area contributed by atoms with Crippen molar-refractivity contribution in [3.8, 4) is 5.75 Å². The third-order valence-electron chi connectivity index (χ3n) is 4.17. The molecule has 2 amide bonds. The lowest BCUT2D eigenvalue weighted by Gasteiger charge is -2.11. The predicted molar refractivity (Wildman–Crippen MR) is 113 cm³/mol. The summed E-state index contributed by atoms with van der Waals surface area (Å²) in [6.07, 6.45) is 0.443. The number of hydrogen-bond donors (Lipinski definition) is 2. The number of nitrogens with one attached hydrogen (secondary N) is 2. The summed E-state index contributed by atoms with van der Waals surface area (Å²) in [5.74, 6) is -0.987. The molecule has 30 heavy (non-hydrogen) atoms. The molecule has 0 atom stereocenters. The first-order valence-corrected chi connectivity index (χ1v) is 9.89. The van der Waals surface area contributed by atoms with Gasteiger partial charge in [-0.3, -0.25) is 25.2 Å². The molecular formula is C22H25ClN2O5. The molecule has 0 spiro atoms. The largest absolute Gasteiger partial charge is 0.484 e. The molecule has 0 aromatic heterocycles. The number of amides is 2. The minimum absolute atomic E-state index is 0.0731. The van der Waals surface area contributed by atoms with E-state index in [4.69, 9.17) is 21.1 Å². The third-order valence-corrected chi connectivity index (χ3v) is 4.77. The lowest BCUT2D eigenvalue weighted by molar-refractivity contribution is -0.145. The van der Waals surface area contributed by atoms with Crippen LogP contribution in [0.1, 0.15) is 29.5 Å². The van der Waals surface area contributed by atoms with Gasteiger partial charge < -0.3 is 9.47 Å². The monoisotopic (exact) mass is 432 g/mol. The SMILES string of the molecule is Cc1cc(OCC(=O)NNC(=O)CCC(=O)OCCc2ccccc2)cc(C)c1Cl. The zero-order valence-corrected chi connectivity index (χ0v) is 17.8. The average Bonchev–Trinajstić information content (AvgIpc) is 2.73. The van der Waals surface area contributed by atoms with Crippen LogP contribution in [0.4, 0.5) is 0 Å². The van der Waals surface area contributed by atoms with Crippen LogP contribution in [0, 0.1) is 13.8 Å². The minimum Gasteiger partial charge on any atom is -0.484 e. The number of carbonyl (C=O) groups is 3. The van der Waals surface area contributed by atoms with Crippen LogP contribution < -0.4 is 15.6 Å². The molecule has 8 heteroatoms. The Balaban J connectivity index is 1.59. The second-order valence-corrected chi connectivity index (χ2v) is 7.09. The Kier molecular flexibility index (Phi) is 9.15. The Hall–Kier alpha value is -3.06. The van der Waals surface area contributed by atoms with Crippen molar-refractivity contribution in [1.29, 1.82) is 0 Å². The van der Waals surface area contributed by atoms with Gasteiger partial charge in [0.05, 0.1) is 13.0 Å². The molecule has 0 saturated carbocycles. The number of ether oxygens (including phenoxy) is 2. The molecule has 2 rings (SSSR count). The predicted octanol–water partition coefficient (Wildman–Crippen LogP) is 3.05. The summed E-state index contributed by atoms with van der Waals surface area (Å²) in [5.41, 5.74) is 7.23. The van der Waals surface area contributed by atoms with Crippen molar-refractivity contribution in [2.75, 3.05) is 13.2 Å². The Bertz CT molecular complexity index is 863. The minimum atomic E-state index is -0.529. The van der Waals surface area contributed by atoms with Gasteiger partial charge >= 0.3 is 5.97 Å². The number of halogens is 1. The number of benzene rings is 2. The summed E-state index contributed by atoms with van der Waals surface area (Å²) in [6, 6.07) is 13.1. The molecule has 0 fully saturated rings. The first kappa shape index (κ1) is 23.2. The van der Waals surface area contributed by atoms with E-state index in [0.29, 0.717) is 17.2 Å². The van der Waals surface area contributed by atoms with Crippen molar-refractivity contribution >= 4 is 29.4 Å². The maximum atomic E-state index is 11.8. The van der Waals surface area contributed by atoms with Crippen LogP contribution >= 0.6 is 11.6 Å². The van der Waals surface area contributed by atoms with E-state index >= 15 is 0 Å². The molecule has 0 heterocycles. The molecule has 0 aliphatic carbocycles. The van der Waals surface area contributed by atoms with Crippen LogP contribution in [0.5, 0.6) is 5.75 Å². The van der Waals surface area contributed by atoms with Gasteiger partial charge in [0.1, 0.15) is 5.75 Å². The lowest BCUT2D eigenvalue weighted by atomic mass is 10.1. The van der Waals surface area contributed by atoms with Gasteiger partial charge in [-0.25, -0.2) is 0 Å². The molecule has 0 saturated heterocycles. The number of esters is 1. The van der Waals surface area contributed by atoms with Crippen LogP contribution in [-0.2, 0) is 25.5 Å². The highest BCUT2D eigenvalue weighted by Crippen LogP contribution is 2.25. The standard InChI is InChI=1S/C22H25ClN2O5/c1-15-12-18(13-16(2)22(15)23)30-14-20(27)25-24-19(26)8-9-21(28)29-11-10-17-6-4-3-5-7-17/h3-7,12-13H,8-11,14H2,1-2H3,(H,24,26)(H,25,27). The molecule has 0 unspecified atom stereocenters. The number of hydrazine groups is 1. The number of rotatable bonds is 9. The number of carbonyl (C=O) groups excluding carboxylic acids is 3. The van der Waals surface area contributed by atoms with Gasteiger partial charge in [-0.1, -0.05) is 41.9 Å². The van der Waals surface area contributed by atoms with E-state index in [9.17, 15) is 14.4 Å². The number of aryl methyl sites for hydroxylation is 2. The average molecular weight is 433 g/mol. The molecule has 0 aliphatic rings. The van der Waals surface area contributed by atoms with Gasteiger partial charge in [0, 0.05) is 17.9 Å². The smallest absolute Gasteiger partial charge is 0.306 e. The zero-order chi connectivity index (χ0) is 21.9. The maximum Gasteiger partial charge on any atom is 0.306 e. The van der Waals surface area contributed by atoms with E-state index in [1.165, 1.54) is 0 Å². The fraction of sp³-hybridized carbons (Fsp3) is 0.318. The van der Waals surface area contributed by atoms with Crippen LogP contribution in [0.25, 0.3) is 0 Å². The van der Waals surface area contributed by atoms with E-state index in [2.05, 4.69) is 10.9 Å². The fourth-order valence-electron chi connectivity index (χ4n) is 2.59. The van der Waals surface area contributed by atoms with Crippen molar-refractivity contribution in [1.82, 2.24) is 10.9 Å². The summed E-state index contributed by atoms with van der Waals surface area (Å²) < 4.78 is 10.5. The van der Waals surface area contributed by atoms with Crippen molar-refractivity contribution in [3.63, 3.8) is 0 Å². The van der Waals surface area contributed by atoms with E-state index in [-0.39, 0.29) is 26.1 Å². The second-order valence-electron chi connectivity index (χ2n) is 6.71. The lowest BCUT2D eigenvalue weighted by Crippen LogP contribution is -2.43. The first-order chi connectivity index (χ1) is 14.3. The second kappa shape index (κ2) is 11.8. The normalized spacial score (nSPS) is 10.2. The topological polar surface area (TPSA) is 93.7 Å². The highest BCUT2D eigenvalue weighted by molar-refractivity contribution is 6.32. The highest BCUT2D eigenvalue weighted by Gasteiger charge is 2.10. The van der Waals surface area contributed by atoms with Gasteiger partial charge in [-0.15, -0.1) is 0 Å². The molecule has 7 nitrogen and oxygen atoms in total. The highest BCUT2D eigenvalue weighted by atomic mass is 35.5. The first-order valence-electron chi connectivity index (χ1n) is 9.52. The Labute approximate surface area is 180 Å². The van der Waals surface area contributed by atoms with Gasteiger partial charge in [0.2, 0.25) is 5.91 Å². The van der Waals surface area contributed by atoms with Crippen molar-refractivity contribution < 1.29 is 23.9 Å². The van der Waals surface area contributed by atoms with Gasteiger partial charge in [-0.05, 0) is 42.7 Å². The van der Waals surface area contributed by atoms with Gasteiger partial charge in [0.25, 0.3) is 5.91 Å². The van der Waals surface area contributed by atoms with Crippen LogP contribution in [-0.4, -0.2) is 31.0 Å². The Morgan fingerprint density at radius 1 is 0.933 bits per heavy atom. The molecule has 2 N–H and O–H groups in total. The number of hydrogen-bond acceptors (Lipinski definition) is 5. The Morgan fingerprint density at radius 3 is 2.23 bits per heavy atom. The van der Waals surface area contributed by atoms with Crippen LogP contribution in [0.3, 0.4) is 0 Å². The Morgan fingerprint density at radius 2 is 1.57 bits per heavy atom. The molecule has 0 radical (unpaired) electrons. The molecule has 2 aromatic carbocycles.